The predicted molar refractivity (Wildman–Crippen MR) is 64.5 cm³/mol. The summed E-state index contributed by atoms with van der Waals surface area (Å²) in [6.07, 6.45) is 8.55. The molecule has 0 unspecified atom stereocenters. The van der Waals surface area contributed by atoms with E-state index in [1.807, 2.05) is 18.5 Å². The second kappa shape index (κ2) is 5.85. The van der Waals surface area contributed by atoms with Crippen molar-refractivity contribution in [1.29, 1.82) is 0 Å². The molecule has 0 aliphatic heterocycles. The largest absolute Gasteiger partial charge is 0.492 e. The smallest absolute Gasteiger partial charge is 0.142 e. The van der Waals surface area contributed by atoms with Gasteiger partial charge in [-0.1, -0.05) is 13.3 Å². The Morgan fingerprint density at radius 3 is 3.12 bits per heavy atom. The average molecular weight is 220 g/mol. The fourth-order valence-electron chi connectivity index (χ4n) is 1.55. The lowest BCUT2D eigenvalue weighted by Crippen LogP contribution is -2.16. The van der Waals surface area contributed by atoms with Crippen LogP contribution in [0.5, 0.6) is 5.75 Å². The molecule has 3 heteroatoms. The lowest BCUT2D eigenvalue weighted by molar-refractivity contribution is 0.304. The molecule has 1 N–H and O–H groups in total. The molecule has 0 radical (unpaired) electrons. The predicted octanol–water partition coefficient (Wildman–Crippen LogP) is 2.51. The third-order valence-electron chi connectivity index (χ3n) is 2.78. The van der Waals surface area contributed by atoms with Crippen LogP contribution >= 0.6 is 0 Å². The van der Waals surface area contributed by atoms with Crippen molar-refractivity contribution in [2.75, 3.05) is 6.61 Å². The van der Waals surface area contributed by atoms with Gasteiger partial charge in [0.25, 0.3) is 0 Å². The van der Waals surface area contributed by atoms with E-state index in [1.165, 1.54) is 18.4 Å². The molecule has 1 aliphatic rings. The molecule has 1 aromatic heterocycles. The normalized spacial score (nSPS) is 15.1. The van der Waals surface area contributed by atoms with Crippen molar-refractivity contribution in [1.82, 2.24) is 10.3 Å². The van der Waals surface area contributed by atoms with E-state index in [0.717, 1.165) is 37.8 Å². The Morgan fingerprint density at radius 2 is 2.38 bits per heavy atom. The molecule has 0 amide bonds. The van der Waals surface area contributed by atoms with Crippen LogP contribution in [0.15, 0.2) is 18.5 Å². The molecular formula is C13H20N2O. The van der Waals surface area contributed by atoms with Gasteiger partial charge in [0.15, 0.2) is 0 Å². The monoisotopic (exact) mass is 220 g/mol. The molecule has 0 aromatic carbocycles. The van der Waals surface area contributed by atoms with Crippen LogP contribution in [0, 0.1) is 0 Å². The first kappa shape index (κ1) is 11.4. The molecule has 3 nitrogen and oxygen atoms in total. The molecule has 1 fully saturated rings. The number of nitrogens with one attached hydrogen (secondary N) is 1. The Balaban J connectivity index is 1.87. The zero-order valence-corrected chi connectivity index (χ0v) is 9.91. The van der Waals surface area contributed by atoms with E-state index in [0.29, 0.717) is 0 Å². The van der Waals surface area contributed by atoms with Gasteiger partial charge in [0.2, 0.25) is 0 Å². The van der Waals surface area contributed by atoms with Gasteiger partial charge in [0.1, 0.15) is 5.75 Å². The molecule has 0 spiro atoms. The lowest BCUT2D eigenvalue weighted by atomic mass is 10.2. The number of pyridine rings is 1. The van der Waals surface area contributed by atoms with Crippen molar-refractivity contribution in [2.24, 2.45) is 0 Å². The highest BCUT2D eigenvalue weighted by Crippen LogP contribution is 2.22. The minimum atomic E-state index is 0.733. The number of rotatable bonds is 7. The first-order valence-corrected chi connectivity index (χ1v) is 6.19. The highest BCUT2D eigenvalue weighted by Gasteiger charge is 2.20. The van der Waals surface area contributed by atoms with E-state index >= 15 is 0 Å². The summed E-state index contributed by atoms with van der Waals surface area (Å²) >= 11 is 0. The van der Waals surface area contributed by atoms with Crippen molar-refractivity contribution in [3.8, 4) is 5.75 Å². The van der Waals surface area contributed by atoms with Crippen molar-refractivity contribution in [3.05, 3.63) is 24.0 Å². The Morgan fingerprint density at radius 1 is 1.50 bits per heavy atom. The van der Waals surface area contributed by atoms with Crippen LogP contribution in [0.2, 0.25) is 0 Å². The van der Waals surface area contributed by atoms with Crippen molar-refractivity contribution >= 4 is 0 Å². The van der Waals surface area contributed by atoms with Crippen molar-refractivity contribution in [3.63, 3.8) is 0 Å². The van der Waals surface area contributed by atoms with Crippen LogP contribution in [0.25, 0.3) is 0 Å². The third kappa shape index (κ3) is 3.49. The van der Waals surface area contributed by atoms with E-state index in [1.54, 1.807) is 0 Å². The molecular weight excluding hydrogens is 200 g/mol. The van der Waals surface area contributed by atoms with Crippen molar-refractivity contribution < 1.29 is 4.74 Å². The quantitative estimate of drug-likeness (QED) is 0.717. The maximum Gasteiger partial charge on any atom is 0.142 e. The van der Waals surface area contributed by atoms with Gasteiger partial charge in [-0.3, -0.25) is 4.98 Å². The van der Waals surface area contributed by atoms with Gasteiger partial charge in [-0.05, 0) is 25.3 Å². The first-order chi connectivity index (χ1) is 7.90. The van der Waals surface area contributed by atoms with Gasteiger partial charge >= 0.3 is 0 Å². The SMILES string of the molecule is CCCCOc1cnccc1CNC1CC1. The van der Waals surface area contributed by atoms with Crippen LogP contribution in [0.1, 0.15) is 38.2 Å². The molecule has 2 rings (SSSR count). The van der Waals surface area contributed by atoms with E-state index in [2.05, 4.69) is 17.2 Å². The summed E-state index contributed by atoms with van der Waals surface area (Å²) < 4.78 is 5.73. The summed E-state index contributed by atoms with van der Waals surface area (Å²) in [5, 5.41) is 3.50. The molecule has 0 saturated heterocycles. The van der Waals surface area contributed by atoms with Crippen LogP contribution in [-0.4, -0.2) is 17.6 Å². The fraction of sp³-hybridized carbons (Fsp3) is 0.615. The van der Waals surface area contributed by atoms with E-state index in [4.69, 9.17) is 4.74 Å². The summed E-state index contributed by atoms with van der Waals surface area (Å²) in [7, 11) is 0. The number of unbranched alkanes of at least 4 members (excludes halogenated alkanes) is 1. The fourth-order valence-corrected chi connectivity index (χ4v) is 1.55. The number of nitrogens with zero attached hydrogens (tertiary/aromatic N) is 1. The highest BCUT2D eigenvalue weighted by atomic mass is 16.5. The van der Waals surface area contributed by atoms with Gasteiger partial charge in [0.05, 0.1) is 12.8 Å². The minimum Gasteiger partial charge on any atom is -0.492 e. The van der Waals surface area contributed by atoms with Crippen LogP contribution in [-0.2, 0) is 6.54 Å². The Bertz CT molecular complexity index is 323. The molecule has 0 atom stereocenters. The number of hydrogen-bond donors (Lipinski definition) is 1. The Labute approximate surface area is 97.2 Å². The summed E-state index contributed by atoms with van der Waals surface area (Å²) in [5.41, 5.74) is 1.22. The summed E-state index contributed by atoms with van der Waals surface area (Å²) in [6.45, 7) is 3.86. The van der Waals surface area contributed by atoms with E-state index in [9.17, 15) is 0 Å². The van der Waals surface area contributed by atoms with Gasteiger partial charge in [-0.15, -0.1) is 0 Å². The summed E-state index contributed by atoms with van der Waals surface area (Å²) in [5.74, 6) is 0.934. The highest BCUT2D eigenvalue weighted by molar-refractivity contribution is 5.29. The van der Waals surface area contributed by atoms with Crippen LogP contribution in [0.4, 0.5) is 0 Å². The second-order valence-corrected chi connectivity index (χ2v) is 4.34. The minimum absolute atomic E-state index is 0.733. The van der Waals surface area contributed by atoms with Gasteiger partial charge in [0, 0.05) is 24.3 Å². The Kier molecular flexibility index (Phi) is 4.17. The Hall–Kier alpha value is -1.09. The zero-order valence-electron chi connectivity index (χ0n) is 9.91. The number of hydrogen-bond acceptors (Lipinski definition) is 3. The average Bonchev–Trinajstić information content (AvgIpc) is 3.12. The number of ether oxygens (including phenoxy) is 1. The maximum atomic E-state index is 5.73. The number of aromatic nitrogens is 1. The van der Waals surface area contributed by atoms with Crippen LogP contribution < -0.4 is 10.1 Å². The topological polar surface area (TPSA) is 34.1 Å². The first-order valence-electron chi connectivity index (χ1n) is 6.19. The lowest BCUT2D eigenvalue weighted by Gasteiger charge is -2.10. The molecule has 0 bridgehead atoms. The van der Waals surface area contributed by atoms with Crippen LogP contribution in [0.3, 0.4) is 0 Å². The summed E-state index contributed by atoms with van der Waals surface area (Å²) in [6, 6.07) is 2.77. The molecule has 1 aromatic rings. The summed E-state index contributed by atoms with van der Waals surface area (Å²) in [4.78, 5) is 4.11. The molecule has 88 valence electrons. The molecule has 1 aliphatic carbocycles. The molecule has 16 heavy (non-hydrogen) atoms. The van der Waals surface area contributed by atoms with Gasteiger partial charge in [-0.2, -0.15) is 0 Å². The second-order valence-electron chi connectivity index (χ2n) is 4.34. The standard InChI is InChI=1S/C13H20N2O/c1-2-3-8-16-13-10-14-7-6-11(13)9-15-12-4-5-12/h6-7,10,12,15H,2-5,8-9H2,1H3. The maximum absolute atomic E-state index is 5.73. The van der Waals surface area contributed by atoms with Gasteiger partial charge < -0.3 is 10.1 Å². The zero-order chi connectivity index (χ0) is 11.2. The molecule has 1 saturated carbocycles. The molecule has 1 heterocycles. The van der Waals surface area contributed by atoms with E-state index in [-0.39, 0.29) is 0 Å². The van der Waals surface area contributed by atoms with E-state index < -0.39 is 0 Å². The third-order valence-corrected chi connectivity index (χ3v) is 2.78. The van der Waals surface area contributed by atoms with Crippen molar-refractivity contribution in [2.45, 2.75) is 45.2 Å². The van der Waals surface area contributed by atoms with Gasteiger partial charge in [-0.25, -0.2) is 0 Å².